The lowest BCUT2D eigenvalue weighted by Crippen LogP contribution is -2.25. The van der Waals surface area contributed by atoms with Crippen molar-refractivity contribution in [3.63, 3.8) is 0 Å². The Kier molecular flexibility index (Phi) is 4.58. The molecule has 1 N–H and O–H groups in total. The summed E-state index contributed by atoms with van der Waals surface area (Å²) in [6.45, 7) is 3.54. The fraction of sp³-hybridized carbons (Fsp3) is 0.231. The van der Waals surface area contributed by atoms with Crippen LogP contribution in [0.15, 0.2) is 24.4 Å². The normalized spacial score (nSPS) is 12.2. The molecule has 0 saturated carbocycles. The first-order chi connectivity index (χ1) is 9.40. The van der Waals surface area contributed by atoms with Gasteiger partial charge in [-0.15, -0.1) is 0 Å². The first kappa shape index (κ1) is 15.2. The molecule has 1 amide bonds. The molecular formula is C13H12Cl3N3O. The molecule has 2 rings (SSSR count). The topological polar surface area (TPSA) is 46.9 Å². The van der Waals surface area contributed by atoms with E-state index < -0.39 is 6.04 Å². The monoisotopic (exact) mass is 331 g/mol. The highest BCUT2D eigenvalue weighted by molar-refractivity contribution is 6.42. The average molecular weight is 333 g/mol. The molecule has 1 aromatic carbocycles. The third-order valence-electron chi connectivity index (χ3n) is 2.92. The first-order valence-electron chi connectivity index (χ1n) is 5.85. The summed E-state index contributed by atoms with van der Waals surface area (Å²) in [5.74, 6) is -0.216. The standard InChI is InChI=1S/C13H12Cl3N3O/c1-7-12(16)6-17-19(7)8(2)13(20)18-9-3-4-10(14)11(15)5-9/h3-6,8H,1-2H3,(H,18,20). The molecule has 0 bridgehead atoms. The minimum atomic E-state index is -0.489. The summed E-state index contributed by atoms with van der Waals surface area (Å²) >= 11 is 17.7. The number of aromatic nitrogens is 2. The first-order valence-corrected chi connectivity index (χ1v) is 6.99. The van der Waals surface area contributed by atoms with Crippen LogP contribution in [0.1, 0.15) is 18.7 Å². The number of carbonyl (C=O) groups excluding carboxylic acids is 1. The smallest absolute Gasteiger partial charge is 0.248 e. The van der Waals surface area contributed by atoms with Gasteiger partial charge < -0.3 is 5.32 Å². The van der Waals surface area contributed by atoms with E-state index in [1.165, 1.54) is 6.20 Å². The third-order valence-corrected chi connectivity index (χ3v) is 4.03. The van der Waals surface area contributed by atoms with Crippen LogP contribution in [-0.2, 0) is 4.79 Å². The predicted molar refractivity (Wildman–Crippen MR) is 81.8 cm³/mol. The van der Waals surface area contributed by atoms with Crippen molar-refractivity contribution in [2.75, 3.05) is 5.32 Å². The highest BCUT2D eigenvalue weighted by atomic mass is 35.5. The van der Waals surface area contributed by atoms with E-state index in [1.54, 1.807) is 36.7 Å². The summed E-state index contributed by atoms with van der Waals surface area (Å²) in [6.07, 6.45) is 1.51. The molecule has 4 nitrogen and oxygen atoms in total. The zero-order valence-corrected chi connectivity index (χ0v) is 13.1. The van der Waals surface area contributed by atoms with Crippen LogP contribution in [-0.4, -0.2) is 15.7 Å². The summed E-state index contributed by atoms with van der Waals surface area (Å²) in [5.41, 5.74) is 1.32. The summed E-state index contributed by atoms with van der Waals surface area (Å²) in [7, 11) is 0. The molecule has 0 aliphatic rings. The van der Waals surface area contributed by atoms with Gasteiger partial charge in [-0.1, -0.05) is 34.8 Å². The van der Waals surface area contributed by atoms with E-state index in [0.717, 1.165) is 5.69 Å². The van der Waals surface area contributed by atoms with Crippen LogP contribution < -0.4 is 5.32 Å². The van der Waals surface area contributed by atoms with E-state index in [1.807, 2.05) is 0 Å². The van der Waals surface area contributed by atoms with Crippen LogP contribution in [0, 0.1) is 6.92 Å². The summed E-state index contributed by atoms with van der Waals surface area (Å²) in [4.78, 5) is 12.2. The molecule has 1 aromatic heterocycles. The zero-order valence-electron chi connectivity index (χ0n) is 10.8. The van der Waals surface area contributed by atoms with Gasteiger partial charge in [-0.25, -0.2) is 0 Å². The van der Waals surface area contributed by atoms with Crippen molar-refractivity contribution in [2.45, 2.75) is 19.9 Å². The highest BCUT2D eigenvalue weighted by Gasteiger charge is 2.19. The number of hydrogen-bond donors (Lipinski definition) is 1. The van der Waals surface area contributed by atoms with E-state index in [0.29, 0.717) is 20.8 Å². The maximum atomic E-state index is 12.2. The molecule has 20 heavy (non-hydrogen) atoms. The number of rotatable bonds is 3. The van der Waals surface area contributed by atoms with Crippen molar-refractivity contribution in [3.05, 3.63) is 45.2 Å². The van der Waals surface area contributed by atoms with Crippen LogP contribution in [0.3, 0.4) is 0 Å². The molecule has 7 heteroatoms. The molecule has 0 radical (unpaired) electrons. The van der Waals surface area contributed by atoms with Crippen LogP contribution >= 0.6 is 34.8 Å². The second-order valence-electron chi connectivity index (χ2n) is 4.32. The molecule has 0 saturated heterocycles. The Bertz CT molecular complexity index is 654. The van der Waals surface area contributed by atoms with Crippen molar-refractivity contribution in [3.8, 4) is 0 Å². The van der Waals surface area contributed by atoms with E-state index in [-0.39, 0.29) is 5.91 Å². The molecule has 0 spiro atoms. The van der Waals surface area contributed by atoms with Crippen molar-refractivity contribution in [2.24, 2.45) is 0 Å². The highest BCUT2D eigenvalue weighted by Crippen LogP contribution is 2.26. The van der Waals surface area contributed by atoms with E-state index >= 15 is 0 Å². The number of halogens is 3. The van der Waals surface area contributed by atoms with Crippen molar-refractivity contribution in [1.29, 1.82) is 0 Å². The lowest BCUT2D eigenvalue weighted by atomic mass is 10.2. The Hall–Kier alpha value is -1.23. The second-order valence-corrected chi connectivity index (χ2v) is 5.54. The summed E-state index contributed by atoms with van der Waals surface area (Å²) in [6, 6.07) is 4.41. The number of hydrogen-bond acceptors (Lipinski definition) is 2. The van der Waals surface area contributed by atoms with Gasteiger partial charge in [0.1, 0.15) is 6.04 Å². The average Bonchev–Trinajstić information content (AvgIpc) is 2.73. The van der Waals surface area contributed by atoms with Gasteiger partial charge in [-0.2, -0.15) is 5.10 Å². The molecule has 1 heterocycles. The lowest BCUT2D eigenvalue weighted by molar-refractivity contribution is -0.119. The van der Waals surface area contributed by atoms with Crippen molar-refractivity contribution >= 4 is 46.4 Å². The van der Waals surface area contributed by atoms with Crippen LogP contribution in [0.25, 0.3) is 0 Å². The molecule has 2 aromatic rings. The molecule has 0 fully saturated rings. The van der Waals surface area contributed by atoms with E-state index in [4.69, 9.17) is 34.8 Å². The Morgan fingerprint density at radius 1 is 1.25 bits per heavy atom. The van der Waals surface area contributed by atoms with Crippen LogP contribution in [0.4, 0.5) is 5.69 Å². The maximum absolute atomic E-state index is 12.2. The number of anilines is 1. The molecule has 0 aliphatic heterocycles. The fourth-order valence-electron chi connectivity index (χ4n) is 1.72. The van der Waals surface area contributed by atoms with E-state index in [9.17, 15) is 4.79 Å². The van der Waals surface area contributed by atoms with Gasteiger partial charge in [-0.05, 0) is 32.0 Å². The minimum Gasteiger partial charge on any atom is -0.324 e. The minimum absolute atomic E-state index is 0.216. The Morgan fingerprint density at radius 3 is 2.50 bits per heavy atom. The quantitative estimate of drug-likeness (QED) is 0.908. The van der Waals surface area contributed by atoms with Crippen molar-refractivity contribution in [1.82, 2.24) is 9.78 Å². The van der Waals surface area contributed by atoms with Crippen LogP contribution in [0.5, 0.6) is 0 Å². The largest absolute Gasteiger partial charge is 0.324 e. The molecule has 0 aliphatic carbocycles. The SMILES string of the molecule is Cc1c(Cl)cnn1C(C)C(=O)Nc1ccc(Cl)c(Cl)c1. The van der Waals surface area contributed by atoms with Gasteiger partial charge in [0.05, 0.1) is 27.0 Å². The predicted octanol–water partition coefficient (Wildman–Crippen LogP) is 4.35. The van der Waals surface area contributed by atoms with Gasteiger partial charge in [0.25, 0.3) is 0 Å². The van der Waals surface area contributed by atoms with E-state index in [2.05, 4.69) is 10.4 Å². The number of benzene rings is 1. The third kappa shape index (κ3) is 3.08. The molecular weight excluding hydrogens is 321 g/mol. The maximum Gasteiger partial charge on any atom is 0.248 e. The van der Waals surface area contributed by atoms with Gasteiger partial charge in [0.2, 0.25) is 5.91 Å². The molecule has 1 atom stereocenters. The number of nitrogens with zero attached hydrogens (tertiary/aromatic N) is 2. The fourth-order valence-corrected chi connectivity index (χ4v) is 2.15. The van der Waals surface area contributed by atoms with Crippen molar-refractivity contribution < 1.29 is 4.79 Å². The summed E-state index contributed by atoms with van der Waals surface area (Å²) < 4.78 is 1.56. The second kappa shape index (κ2) is 6.04. The molecule has 106 valence electrons. The molecule has 1 unspecified atom stereocenters. The lowest BCUT2D eigenvalue weighted by Gasteiger charge is -2.14. The Morgan fingerprint density at radius 2 is 1.95 bits per heavy atom. The zero-order chi connectivity index (χ0) is 14.9. The van der Waals surface area contributed by atoms with Gasteiger partial charge in [0.15, 0.2) is 0 Å². The Labute approximate surface area is 131 Å². The van der Waals surface area contributed by atoms with Gasteiger partial charge >= 0.3 is 0 Å². The summed E-state index contributed by atoms with van der Waals surface area (Å²) in [5, 5.41) is 8.19. The Balaban J connectivity index is 2.15. The van der Waals surface area contributed by atoms with Crippen LogP contribution in [0.2, 0.25) is 15.1 Å². The number of amides is 1. The number of nitrogens with one attached hydrogen (secondary N) is 1. The number of carbonyl (C=O) groups is 1. The van der Waals surface area contributed by atoms with Gasteiger partial charge in [0, 0.05) is 5.69 Å². The van der Waals surface area contributed by atoms with Gasteiger partial charge in [-0.3, -0.25) is 9.48 Å².